The number of hydrogen-bond acceptors (Lipinski definition) is 6. The zero-order valence-electron chi connectivity index (χ0n) is 18.6. The summed E-state index contributed by atoms with van der Waals surface area (Å²) < 4.78 is 16.5. The molecule has 180 valence electrons. The van der Waals surface area contributed by atoms with Gasteiger partial charge in [0.2, 0.25) is 0 Å². The molecule has 3 aromatic rings. The fourth-order valence-electron chi connectivity index (χ4n) is 3.16. The first kappa shape index (κ1) is 25.3. The molecule has 4 rings (SSSR count). The van der Waals surface area contributed by atoms with E-state index in [1.807, 2.05) is 0 Å². The van der Waals surface area contributed by atoms with Gasteiger partial charge in [0.1, 0.15) is 12.4 Å². The molecule has 0 saturated carbocycles. The maximum atomic E-state index is 12.5. The highest BCUT2D eigenvalue weighted by atomic mass is 35.5. The lowest BCUT2D eigenvalue weighted by atomic mass is 10.1. The summed E-state index contributed by atoms with van der Waals surface area (Å²) in [6.45, 7) is 0.177. The molecule has 6 nitrogen and oxygen atoms in total. The van der Waals surface area contributed by atoms with E-state index in [-0.39, 0.29) is 12.5 Å². The number of carbonyl (C=O) groups excluding carboxylic acids is 1. The number of rotatable bonds is 7. The first-order valence-corrected chi connectivity index (χ1v) is 12.2. The summed E-state index contributed by atoms with van der Waals surface area (Å²) in [4.78, 5) is 17.4. The second-order valence-electron chi connectivity index (χ2n) is 7.24. The molecule has 0 unspecified atom stereocenters. The molecule has 0 bridgehead atoms. The fourth-order valence-corrected chi connectivity index (χ4v) is 4.74. The number of nitrogens with zero attached hydrogens (tertiary/aromatic N) is 1. The van der Waals surface area contributed by atoms with Gasteiger partial charge in [-0.3, -0.25) is 4.79 Å². The number of ether oxygens (including phenoxy) is 3. The number of nitrogens with one attached hydrogen (secondary N) is 1. The minimum atomic E-state index is -0.255. The van der Waals surface area contributed by atoms with Crippen molar-refractivity contribution in [2.45, 2.75) is 6.61 Å². The van der Waals surface area contributed by atoms with E-state index in [1.165, 1.54) is 18.9 Å². The van der Waals surface area contributed by atoms with Gasteiger partial charge in [0.15, 0.2) is 16.7 Å². The molecule has 10 heteroatoms. The molecule has 0 aromatic heterocycles. The third-order valence-corrected chi connectivity index (χ3v) is 6.67. The molecular weight excluding hydrogens is 531 g/mol. The third-order valence-electron chi connectivity index (χ3n) is 4.89. The highest BCUT2D eigenvalue weighted by Crippen LogP contribution is 2.39. The molecule has 35 heavy (non-hydrogen) atoms. The standard InChI is InChI=1S/C25H19Cl3N2O4S/c1-32-18-7-5-17(6-8-18)29-25-30-24(31)22(35-25)11-14-9-20(28)23(21(10-14)33-2)34-13-15-3-4-16(26)12-19(15)27/h3-12H,13H2,1-2H3,(H,29,30,31)/b22-11+. The molecule has 1 amide bonds. The average Bonchev–Trinajstić information content (AvgIpc) is 3.17. The molecule has 1 heterocycles. The zero-order valence-corrected chi connectivity index (χ0v) is 21.7. The Kier molecular flexibility index (Phi) is 8.13. The third kappa shape index (κ3) is 6.24. The number of halogens is 3. The SMILES string of the molecule is COc1ccc(N=C2NC(=O)/C(=C\c3cc(Cl)c(OCc4ccc(Cl)cc4Cl)c(OC)c3)S2)cc1. The van der Waals surface area contributed by atoms with Gasteiger partial charge in [-0.25, -0.2) is 4.99 Å². The van der Waals surface area contributed by atoms with Gasteiger partial charge in [-0.1, -0.05) is 40.9 Å². The van der Waals surface area contributed by atoms with Crippen molar-refractivity contribution in [2.75, 3.05) is 14.2 Å². The van der Waals surface area contributed by atoms with E-state index in [9.17, 15) is 4.79 Å². The van der Waals surface area contributed by atoms with E-state index in [1.54, 1.807) is 67.8 Å². The lowest BCUT2D eigenvalue weighted by molar-refractivity contribution is -0.115. The van der Waals surface area contributed by atoms with Crippen molar-refractivity contribution in [1.82, 2.24) is 5.32 Å². The van der Waals surface area contributed by atoms with E-state index in [2.05, 4.69) is 10.3 Å². The van der Waals surface area contributed by atoms with E-state index < -0.39 is 0 Å². The number of amidine groups is 1. The van der Waals surface area contributed by atoms with E-state index in [4.69, 9.17) is 49.0 Å². The number of amides is 1. The van der Waals surface area contributed by atoms with Crippen LogP contribution in [0.4, 0.5) is 5.69 Å². The van der Waals surface area contributed by atoms with Gasteiger partial charge in [-0.15, -0.1) is 0 Å². The molecule has 0 atom stereocenters. The van der Waals surface area contributed by atoms with Crippen LogP contribution < -0.4 is 19.5 Å². The summed E-state index contributed by atoms with van der Waals surface area (Å²) in [6.07, 6.45) is 1.71. The van der Waals surface area contributed by atoms with Gasteiger partial charge in [0.05, 0.1) is 29.8 Å². The van der Waals surface area contributed by atoms with Crippen molar-refractivity contribution in [3.8, 4) is 17.2 Å². The summed E-state index contributed by atoms with van der Waals surface area (Å²) in [5.74, 6) is 1.26. The Morgan fingerprint density at radius 2 is 1.74 bits per heavy atom. The van der Waals surface area contributed by atoms with Crippen molar-refractivity contribution in [1.29, 1.82) is 0 Å². The summed E-state index contributed by atoms with van der Waals surface area (Å²) in [7, 11) is 3.11. The second kappa shape index (κ2) is 11.3. The van der Waals surface area contributed by atoms with Crippen LogP contribution in [-0.4, -0.2) is 25.3 Å². The van der Waals surface area contributed by atoms with Crippen molar-refractivity contribution >= 4 is 69.4 Å². The van der Waals surface area contributed by atoms with Crippen LogP contribution in [0.2, 0.25) is 15.1 Å². The molecule has 3 aromatic carbocycles. The van der Waals surface area contributed by atoms with Crippen LogP contribution in [0.3, 0.4) is 0 Å². The molecule has 1 saturated heterocycles. The monoisotopic (exact) mass is 548 g/mol. The predicted octanol–water partition coefficient (Wildman–Crippen LogP) is 7.13. The summed E-state index contributed by atoms with van der Waals surface area (Å²) in [5, 5.41) is 4.60. The fraction of sp³-hybridized carbons (Fsp3) is 0.120. The van der Waals surface area contributed by atoms with Crippen LogP contribution in [-0.2, 0) is 11.4 Å². The summed E-state index contributed by atoms with van der Waals surface area (Å²) in [6, 6.07) is 15.8. The lowest BCUT2D eigenvalue weighted by Gasteiger charge is -2.14. The lowest BCUT2D eigenvalue weighted by Crippen LogP contribution is -2.19. The van der Waals surface area contributed by atoms with E-state index in [0.29, 0.717) is 47.9 Å². The van der Waals surface area contributed by atoms with Gasteiger partial charge in [0.25, 0.3) is 5.91 Å². The van der Waals surface area contributed by atoms with Crippen LogP contribution in [0.5, 0.6) is 17.2 Å². The van der Waals surface area contributed by atoms with Crippen molar-refractivity contribution in [3.63, 3.8) is 0 Å². The Hall–Kier alpha value is -2.84. The predicted molar refractivity (Wildman–Crippen MR) is 143 cm³/mol. The first-order chi connectivity index (χ1) is 16.9. The minimum Gasteiger partial charge on any atom is -0.497 e. The summed E-state index contributed by atoms with van der Waals surface area (Å²) >= 11 is 19.9. The minimum absolute atomic E-state index is 0.177. The number of thioether (sulfide) groups is 1. The molecular formula is C25H19Cl3N2O4S. The van der Waals surface area contributed by atoms with Gasteiger partial charge < -0.3 is 19.5 Å². The van der Waals surface area contributed by atoms with Crippen molar-refractivity contribution in [2.24, 2.45) is 4.99 Å². The van der Waals surface area contributed by atoms with Crippen molar-refractivity contribution in [3.05, 3.63) is 85.7 Å². The average molecular weight is 550 g/mol. The smallest absolute Gasteiger partial charge is 0.264 e. The number of hydrogen-bond donors (Lipinski definition) is 1. The number of carbonyl (C=O) groups is 1. The molecule has 0 spiro atoms. The molecule has 0 radical (unpaired) electrons. The molecule has 1 aliphatic rings. The zero-order chi connectivity index (χ0) is 24.9. The Morgan fingerprint density at radius 1 is 0.971 bits per heavy atom. The summed E-state index contributed by atoms with van der Waals surface area (Å²) in [5.41, 5.74) is 2.12. The first-order valence-electron chi connectivity index (χ1n) is 10.2. The maximum absolute atomic E-state index is 12.5. The quantitative estimate of drug-likeness (QED) is 0.317. The molecule has 0 aliphatic carbocycles. The van der Waals surface area contributed by atoms with E-state index in [0.717, 1.165) is 11.3 Å². The molecule has 1 N–H and O–H groups in total. The van der Waals surface area contributed by atoms with Gasteiger partial charge >= 0.3 is 0 Å². The van der Waals surface area contributed by atoms with Crippen LogP contribution in [0, 0.1) is 0 Å². The Morgan fingerprint density at radius 3 is 2.43 bits per heavy atom. The van der Waals surface area contributed by atoms with Crippen molar-refractivity contribution < 1.29 is 19.0 Å². The number of aliphatic imine (C=N–C) groups is 1. The van der Waals surface area contributed by atoms with Crippen LogP contribution in [0.25, 0.3) is 6.08 Å². The normalized spacial score (nSPS) is 15.4. The second-order valence-corrected chi connectivity index (χ2v) is 9.52. The molecule has 1 fully saturated rings. The highest BCUT2D eigenvalue weighted by Gasteiger charge is 2.24. The number of benzene rings is 3. The Bertz CT molecular complexity index is 1330. The number of methoxy groups -OCH3 is 2. The molecule has 1 aliphatic heterocycles. The van der Waals surface area contributed by atoms with Crippen LogP contribution in [0.15, 0.2) is 64.5 Å². The van der Waals surface area contributed by atoms with Crippen LogP contribution in [0.1, 0.15) is 11.1 Å². The Balaban J connectivity index is 1.52. The Labute approximate surface area is 221 Å². The van der Waals surface area contributed by atoms with Gasteiger partial charge in [-0.2, -0.15) is 0 Å². The van der Waals surface area contributed by atoms with Gasteiger partial charge in [-0.05, 0) is 71.9 Å². The van der Waals surface area contributed by atoms with E-state index >= 15 is 0 Å². The topological polar surface area (TPSA) is 69.2 Å². The van der Waals surface area contributed by atoms with Gasteiger partial charge in [0, 0.05) is 15.6 Å². The largest absolute Gasteiger partial charge is 0.497 e. The highest BCUT2D eigenvalue weighted by molar-refractivity contribution is 8.18. The van der Waals surface area contributed by atoms with Crippen LogP contribution >= 0.6 is 46.6 Å². The maximum Gasteiger partial charge on any atom is 0.264 e.